The maximum atomic E-state index is 10.5. The molecular formula is C13H19N3O. The van der Waals surface area contributed by atoms with Crippen LogP contribution in [-0.2, 0) is 0 Å². The highest BCUT2D eigenvalue weighted by atomic mass is 16.3. The Morgan fingerprint density at radius 1 is 1.29 bits per heavy atom. The number of aromatic nitrogens is 1. The average Bonchev–Trinajstić information content (AvgIpc) is 3.16. The Hall–Kier alpha value is -1.29. The first-order valence-corrected chi connectivity index (χ1v) is 6.36. The van der Waals surface area contributed by atoms with Gasteiger partial charge >= 0.3 is 0 Å². The topological polar surface area (TPSA) is 62.4 Å². The smallest absolute Gasteiger partial charge is 0.123 e. The highest BCUT2D eigenvalue weighted by molar-refractivity contribution is 5.48. The molecule has 17 heavy (non-hydrogen) atoms. The second-order valence-corrected chi connectivity index (χ2v) is 5.31. The summed E-state index contributed by atoms with van der Waals surface area (Å²) in [4.78, 5) is 6.39. The molecule has 1 aromatic rings. The van der Waals surface area contributed by atoms with E-state index in [4.69, 9.17) is 5.73 Å². The number of anilines is 2. The molecule has 2 heterocycles. The summed E-state index contributed by atoms with van der Waals surface area (Å²) < 4.78 is 0. The SMILES string of the molecule is Nc1ccc(N2CCC(O)(C3CC3)CC2)cn1. The Morgan fingerprint density at radius 3 is 2.53 bits per heavy atom. The van der Waals surface area contributed by atoms with E-state index in [2.05, 4.69) is 9.88 Å². The molecule has 0 atom stereocenters. The third kappa shape index (κ3) is 2.09. The highest BCUT2D eigenvalue weighted by Crippen LogP contribution is 2.45. The molecule has 3 rings (SSSR count). The van der Waals surface area contributed by atoms with E-state index in [0.29, 0.717) is 11.7 Å². The van der Waals surface area contributed by atoms with Crippen LogP contribution in [0.3, 0.4) is 0 Å². The molecule has 0 spiro atoms. The van der Waals surface area contributed by atoms with Crippen molar-refractivity contribution in [3.05, 3.63) is 18.3 Å². The standard InChI is InChI=1S/C13H19N3O/c14-12-4-3-11(9-15-12)16-7-5-13(17,6-8-16)10-1-2-10/h3-4,9-10,17H,1-2,5-8H2,(H2,14,15). The number of piperidine rings is 1. The van der Waals surface area contributed by atoms with Gasteiger partial charge in [0.2, 0.25) is 0 Å². The van der Waals surface area contributed by atoms with Crippen LogP contribution in [0.2, 0.25) is 0 Å². The van der Waals surface area contributed by atoms with Crippen LogP contribution in [0.1, 0.15) is 25.7 Å². The van der Waals surface area contributed by atoms with Gasteiger partial charge in [-0.25, -0.2) is 4.98 Å². The first-order valence-electron chi connectivity index (χ1n) is 6.36. The molecule has 1 saturated carbocycles. The summed E-state index contributed by atoms with van der Waals surface area (Å²) >= 11 is 0. The fourth-order valence-electron chi connectivity index (χ4n) is 2.77. The van der Waals surface area contributed by atoms with Crippen molar-refractivity contribution in [1.29, 1.82) is 0 Å². The van der Waals surface area contributed by atoms with Gasteiger partial charge in [-0.05, 0) is 43.7 Å². The molecule has 2 aliphatic rings. The number of nitrogens with zero attached hydrogens (tertiary/aromatic N) is 2. The molecule has 4 nitrogen and oxygen atoms in total. The molecule has 3 N–H and O–H groups in total. The van der Waals surface area contributed by atoms with Crippen LogP contribution < -0.4 is 10.6 Å². The summed E-state index contributed by atoms with van der Waals surface area (Å²) in [6.07, 6.45) is 5.99. The van der Waals surface area contributed by atoms with E-state index in [1.54, 1.807) is 0 Å². The summed E-state index contributed by atoms with van der Waals surface area (Å²) in [5.74, 6) is 1.12. The molecule has 0 aromatic carbocycles. The first kappa shape index (κ1) is 10.8. The Bertz CT molecular complexity index is 392. The van der Waals surface area contributed by atoms with Crippen molar-refractivity contribution < 1.29 is 5.11 Å². The van der Waals surface area contributed by atoms with Gasteiger partial charge in [0.15, 0.2) is 0 Å². The number of rotatable bonds is 2. The second kappa shape index (κ2) is 3.88. The monoisotopic (exact) mass is 233 g/mol. The van der Waals surface area contributed by atoms with Gasteiger partial charge in [0.25, 0.3) is 0 Å². The molecule has 1 aliphatic heterocycles. The second-order valence-electron chi connectivity index (χ2n) is 5.31. The van der Waals surface area contributed by atoms with Crippen LogP contribution in [0.4, 0.5) is 11.5 Å². The van der Waals surface area contributed by atoms with Gasteiger partial charge in [0, 0.05) is 13.1 Å². The fourth-order valence-corrected chi connectivity index (χ4v) is 2.77. The number of hydrogen-bond acceptors (Lipinski definition) is 4. The summed E-state index contributed by atoms with van der Waals surface area (Å²) in [5, 5.41) is 10.5. The van der Waals surface area contributed by atoms with Crippen LogP contribution in [0.5, 0.6) is 0 Å². The predicted molar refractivity (Wildman–Crippen MR) is 67.8 cm³/mol. The molecule has 1 aliphatic carbocycles. The van der Waals surface area contributed by atoms with E-state index in [0.717, 1.165) is 31.6 Å². The number of hydrogen-bond donors (Lipinski definition) is 2. The van der Waals surface area contributed by atoms with E-state index in [-0.39, 0.29) is 0 Å². The lowest BCUT2D eigenvalue weighted by molar-refractivity contribution is -0.00531. The van der Waals surface area contributed by atoms with Crippen molar-refractivity contribution in [2.75, 3.05) is 23.7 Å². The van der Waals surface area contributed by atoms with Crippen LogP contribution >= 0.6 is 0 Å². The summed E-state index contributed by atoms with van der Waals surface area (Å²) in [6.45, 7) is 1.83. The summed E-state index contributed by atoms with van der Waals surface area (Å²) in [5.41, 5.74) is 6.29. The minimum absolute atomic E-state index is 0.391. The molecular weight excluding hydrogens is 214 g/mol. The quantitative estimate of drug-likeness (QED) is 0.810. The predicted octanol–water partition coefficient (Wildman–Crippen LogP) is 1.41. The van der Waals surface area contributed by atoms with E-state index < -0.39 is 5.60 Å². The van der Waals surface area contributed by atoms with Crippen molar-refractivity contribution in [3.63, 3.8) is 0 Å². The van der Waals surface area contributed by atoms with Gasteiger partial charge in [0.1, 0.15) is 5.82 Å². The minimum Gasteiger partial charge on any atom is -0.389 e. The van der Waals surface area contributed by atoms with Gasteiger partial charge in [0.05, 0.1) is 17.5 Å². The fraction of sp³-hybridized carbons (Fsp3) is 0.615. The van der Waals surface area contributed by atoms with Crippen molar-refractivity contribution in [2.24, 2.45) is 5.92 Å². The van der Waals surface area contributed by atoms with Gasteiger partial charge in [-0.1, -0.05) is 0 Å². The van der Waals surface area contributed by atoms with E-state index in [1.165, 1.54) is 12.8 Å². The third-order valence-corrected chi connectivity index (χ3v) is 4.10. The lowest BCUT2D eigenvalue weighted by atomic mass is 9.86. The zero-order chi connectivity index (χ0) is 11.9. The zero-order valence-electron chi connectivity index (χ0n) is 9.97. The van der Waals surface area contributed by atoms with Crippen LogP contribution in [0.15, 0.2) is 18.3 Å². The number of aliphatic hydroxyl groups is 1. The Kier molecular flexibility index (Phi) is 2.47. The first-order chi connectivity index (χ1) is 8.17. The zero-order valence-corrected chi connectivity index (χ0v) is 9.97. The summed E-state index contributed by atoms with van der Waals surface area (Å²) in [6, 6.07) is 3.83. The van der Waals surface area contributed by atoms with Gasteiger partial charge in [-0.15, -0.1) is 0 Å². The third-order valence-electron chi connectivity index (χ3n) is 4.10. The minimum atomic E-state index is -0.391. The normalized spacial score (nSPS) is 23.7. The average molecular weight is 233 g/mol. The van der Waals surface area contributed by atoms with Crippen molar-refractivity contribution in [2.45, 2.75) is 31.3 Å². The lowest BCUT2D eigenvalue weighted by Crippen LogP contribution is -2.45. The lowest BCUT2D eigenvalue weighted by Gasteiger charge is -2.39. The van der Waals surface area contributed by atoms with Gasteiger partial charge < -0.3 is 15.7 Å². The van der Waals surface area contributed by atoms with Crippen LogP contribution in [0.25, 0.3) is 0 Å². The van der Waals surface area contributed by atoms with Gasteiger partial charge in [-0.2, -0.15) is 0 Å². The van der Waals surface area contributed by atoms with Crippen molar-refractivity contribution in [3.8, 4) is 0 Å². The maximum Gasteiger partial charge on any atom is 0.123 e. The van der Waals surface area contributed by atoms with Gasteiger partial charge in [-0.3, -0.25) is 0 Å². The van der Waals surface area contributed by atoms with Crippen molar-refractivity contribution >= 4 is 11.5 Å². The molecule has 1 saturated heterocycles. The molecule has 0 radical (unpaired) electrons. The number of pyridine rings is 1. The van der Waals surface area contributed by atoms with E-state index in [1.807, 2.05) is 18.3 Å². The largest absolute Gasteiger partial charge is 0.389 e. The van der Waals surface area contributed by atoms with Crippen LogP contribution in [0, 0.1) is 5.92 Å². The number of nitrogens with two attached hydrogens (primary N) is 1. The molecule has 4 heteroatoms. The van der Waals surface area contributed by atoms with E-state index in [9.17, 15) is 5.11 Å². The highest BCUT2D eigenvalue weighted by Gasteiger charge is 2.45. The summed E-state index contributed by atoms with van der Waals surface area (Å²) in [7, 11) is 0. The maximum absolute atomic E-state index is 10.5. The Balaban J connectivity index is 1.66. The molecule has 0 amide bonds. The Morgan fingerprint density at radius 2 is 2.00 bits per heavy atom. The molecule has 92 valence electrons. The van der Waals surface area contributed by atoms with Crippen LogP contribution in [-0.4, -0.2) is 28.8 Å². The number of nitrogen functional groups attached to an aromatic ring is 1. The molecule has 0 unspecified atom stereocenters. The van der Waals surface area contributed by atoms with E-state index >= 15 is 0 Å². The van der Waals surface area contributed by atoms with Crippen molar-refractivity contribution in [1.82, 2.24) is 4.98 Å². The molecule has 2 fully saturated rings. The molecule has 1 aromatic heterocycles. The Labute approximate surface area is 101 Å². The molecule has 0 bridgehead atoms.